The average molecular weight is 299 g/mol. The van der Waals surface area contributed by atoms with Crippen LogP contribution in [0.1, 0.15) is 66.7 Å². The number of ether oxygens (including phenoxy) is 2. The molecule has 0 bridgehead atoms. The quantitative estimate of drug-likeness (QED) is 0.687. The Bertz CT molecular complexity index is 277. The zero-order valence-electron chi connectivity index (χ0n) is 15.1. The molecule has 0 saturated heterocycles. The van der Waals surface area contributed by atoms with E-state index in [0.29, 0.717) is 12.0 Å². The topological polar surface area (TPSA) is 30.5 Å². The summed E-state index contributed by atoms with van der Waals surface area (Å²) in [5, 5.41) is 3.58. The van der Waals surface area contributed by atoms with Crippen molar-refractivity contribution in [1.82, 2.24) is 5.32 Å². The normalized spacial score (nSPS) is 28.6. The standard InChI is InChI=1S/C18H37NO2/c1-7-12-19-14-18(21-15(2)13-20-6)10-8-16(9-11-18)17(3,4)5/h15-16,19H,7-14H2,1-6H3. The lowest BCUT2D eigenvalue weighted by atomic mass is 9.68. The minimum absolute atomic E-state index is 0.00880. The number of nitrogens with one attached hydrogen (secondary N) is 1. The van der Waals surface area contributed by atoms with Crippen molar-refractivity contribution in [3.05, 3.63) is 0 Å². The van der Waals surface area contributed by atoms with E-state index < -0.39 is 0 Å². The summed E-state index contributed by atoms with van der Waals surface area (Å²) in [6.07, 6.45) is 6.23. The molecule has 0 aromatic carbocycles. The highest BCUT2D eigenvalue weighted by Crippen LogP contribution is 2.43. The van der Waals surface area contributed by atoms with Gasteiger partial charge in [0.25, 0.3) is 0 Å². The molecule has 0 aliphatic heterocycles. The maximum absolute atomic E-state index is 6.44. The van der Waals surface area contributed by atoms with E-state index in [0.717, 1.165) is 19.0 Å². The molecule has 126 valence electrons. The van der Waals surface area contributed by atoms with Gasteiger partial charge in [0, 0.05) is 13.7 Å². The minimum atomic E-state index is 0.00880. The van der Waals surface area contributed by atoms with Crippen molar-refractivity contribution in [3.63, 3.8) is 0 Å². The average Bonchev–Trinajstić information content (AvgIpc) is 2.38. The smallest absolute Gasteiger partial charge is 0.0811 e. The molecular weight excluding hydrogens is 262 g/mol. The zero-order valence-corrected chi connectivity index (χ0v) is 15.1. The van der Waals surface area contributed by atoms with Crippen LogP contribution in [0.25, 0.3) is 0 Å². The third-order valence-electron chi connectivity index (χ3n) is 4.85. The Hall–Kier alpha value is -0.120. The summed E-state index contributed by atoms with van der Waals surface area (Å²) >= 11 is 0. The molecule has 1 atom stereocenters. The van der Waals surface area contributed by atoms with Gasteiger partial charge in [0.2, 0.25) is 0 Å². The van der Waals surface area contributed by atoms with Crippen LogP contribution in [0.5, 0.6) is 0 Å². The van der Waals surface area contributed by atoms with Crippen LogP contribution in [0.4, 0.5) is 0 Å². The molecule has 1 unspecified atom stereocenters. The Labute approximate surface area is 132 Å². The lowest BCUT2D eigenvalue weighted by Crippen LogP contribution is -2.49. The molecule has 1 fully saturated rings. The van der Waals surface area contributed by atoms with E-state index in [1.54, 1.807) is 7.11 Å². The van der Waals surface area contributed by atoms with E-state index in [1.165, 1.54) is 32.1 Å². The van der Waals surface area contributed by atoms with E-state index in [-0.39, 0.29) is 11.7 Å². The summed E-state index contributed by atoms with van der Waals surface area (Å²) in [5.74, 6) is 0.818. The molecule has 0 aromatic heterocycles. The summed E-state index contributed by atoms with van der Waals surface area (Å²) < 4.78 is 11.7. The van der Waals surface area contributed by atoms with Gasteiger partial charge in [-0.2, -0.15) is 0 Å². The van der Waals surface area contributed by atoms with Crippen molar-refractivity contribution in [2.75, 3.05) is 26.8 Å². The van der Waals surface area contributed by atoms with Crippen molar-refractivity contribution in [3.8, 4) is 0 Å². The van der Waals surface area contributed by atoms with Crippen molar-refractivity contribution in [2.45, 2.75) is 78.4 Å². The second-order valence-corrected chi connectivity index (χ2v) is 7.88. The Kier molecular flexibility index (Phi) is 7.66. The predicted octanol–water partition coefficient (Wildman–Crippen LogP) is 4.01. The predicted molar refractivity (Wildman–Crippen MR) is 89.7 cm³/mol. The van der Waals surface area contributed by atoms with Crippen molar-refractivity contribution >= 4 is 0 Å². The van der Waals surface area contributed by atoms with E-state index in [2.05, 4.69) is 39.9 Å². The monoisotopic (exact) mass is 299 g/mol. The number of hydrogen-bond donors (Lipinski definition) is 1. The molecule has 3 heteroatoms. The molecule has 0 amide bonds. The molecule has 1 N–H and O–H groups in total. The van der Waals surface area contributed by atoms with Gasteiger partial charge in [0.1, 0.15) is 0 Å². The van der Waals surface area contributed by atoms with Crippen LogP contribution in [0, 0.1) is 11.3 Å². The first-order valence-electron chi connectivity index (χ1n) is 8.70. The Morgan fingerprint density at radius 3 is 2.33 bits per heavy atom. The van der Waals surface area contributed by atoms with Crippen LogP contribution in [0.3, 0.4) is 0 Å². The third-order valence-corrected chi connectivity index (χ3v) is 4.85. The molecule has 1 saturated carbocycles. The molecule has 0 aromatic rings. The fraction of sp³-hybridized carbons (Fsp3) is 1.00. The molecule has 21 heavy (non-hydrogen) atoms. The third kappa shape index (κ3) is 6.25. The van der Waals surface area contributed by atoms with E-state index in [4.69, 9.17) is 9.47 Å². The lowest BCUT2D eigenvalue weighted by molar-refractivity contribution is -0.132. The second-order valence-electron chi connectivity index (χ2n) is 7.88. The first-order chi connectivity index (χ1) is 9.83. The van der Waals surface area contributed by atoms with Gasteiger partial charge in [-0.15, -0.1) is 0 Å². The molecular formula is C18H37NO2. The van der Waals surface area contributed by atoms with E-state index >= 15 is 0 Å². The van der Waals surface area contributed by atoms with Gasteiger partial charge >= 0.3 is 0 Å². The van der Waals surface area contributed by atoms with E-state index in [1.807, 2.05) is 0 Å². The lowest BCUT2D eigenvalue weighted by Gasteiger charge is -2.45. The molecule has 1 aliphatic rings. The SMILES string of the molecule is CCCNCC1(OC(C)COC)CCC(C(C)(C)C)CC1. The molecule has 0 radical (unpaired) electrons. The Morgan fingerprint density at radius 2 is 1.86 bits per heavy atom. The first-order valence-corrected chi connectivity index (χ1v) is 8.70. The van der Waals surface area contributed by atoms with Crippen molar-refractivity contribution in [1.29, 1.82) is 0 Å². The minimum Gasteiger partial charge on any atom is -0.382 e. The van der Waals surface area contributed by atoms with Gasteiger partial charge in [-0.1, -0.05) is 27.7 Å². The summed E-state index contributed by atoms with van der Waals surface area (Å²) in [7, 11) is 1.75. The van der Waals surface area contributed by atoms with Crippen LogP contribution < -0.4 is 5.32 Å². The van der Waals surface area contributed by atoms with Crippen molar-refractivity contribution in [2.24, 2.45) is 11.3 Å². The van der Waals surface area contributed by atoms with Gasteiger partial charge in [0.15, 0.2) is 0 Å². The largest absolute Gasteiger partial charge is 0.382 e. The highest BCUT2D eigenvalue weighted by molar-refractivity contribution is 4.92. The summed E-state index contributed by atoms with van der Waals surface area (Å²) in [4.78, 5) is 0. The van der Waals surface area contributed by atoms with Gasteiger partial charge < -0.3 is 14.8 Å². The second kappa shape index (κ2) is 8.50. The maximum Gasteiger partial charge on any atom is 0.0811 e. The van der Waals surface area contributed by atoms with Crippen LogP contribution in [-0.2, 0) is 9.47 Å². The summed E-state index contributed by atoms with van der Waals surface area (Å²) in [5.41, 5.74) is 0.427. The summed E-state index contributed by atoms with van der Waals surface area (Å²) in [6, 6.07) is 0. The zero-order chi connectivity index (χ0) is 15.9. The number of methoxy groups -OCH3 is 1. The molecule has 1 aliphatic carbocycles. The summed E-state index contributed by atoms with van der Waals surface area (Å²) in [6.45, 7) is 14.2. The Morgan fingerprint density at radius 1 is 1.24 bits per heavy atom. The van der Waals surface area contributed by atoms with Gasteiger partial charge in [-0.3, -0.25) is 0 Å². The highest BCUT2D eigenvalue weighted by atomic mass is 16.5. The van der Waals surface area contributed by atoms with Crippen molar-refractivity contribution < 1.29 is 9.47 Å². The van der Waals surface area contributed by atoms with E-state index in [9.17, 15) is 0 Å². The van der Waals surface area contributed by atoms with Crippen LogP contribution >= 0.6 is 0 Å². The van der Waals surface area contributed by atoms with Gasteiger partial charge in [-0.05, 0) is 56.9 Å². The fourth-order valence-corrected chi connectivity index (χ4v) is 3.53. The van der Waals surface area contributed by atoms with Gasteiger partial charge in [-0.25, -0.2) is 0 Å². The molecule has 0 spiro atoms. The fourth-order valence-electron chi connectivity index (χ4n) is 3.53. The van der Waals surface area contributed by atoms with Crippen LogP contribution in [0.2, 0.25) is 0 Å². The maximum atomic E-state index is 6.44. The van der Waals surface area contributed by atoms with Crippen LogP contribution in [-0.4, -0.2) is 38.5 Å². The van der Waals surface area contributed by atoms with Crippen LogP contribution in [0.15, 0.2) is 0 Å². The molecule has 1 rings (SSSR count). The Balaban J connectivity index is 2.62. The molecule has 3 nitrogen and oxygen atoms in total. The first kappa shape index (κ1) is 18.9. The number of hydrogen-bond acceptors (Lipinski definition) is 3. The van der Waals surface area contributed by atoms with Gasteiger partial charge in [0.05, 0.1) is 18.3 Å². The molecule has 0 heterocycles. The number of rotatable bonds is 8. The highest BCUT2D eigenvalue weighted by Gasteiger charge is 2.40.